The van der Waals surface area contributed by atoms with E-state index >= 15 is 0 Å². The minimum Gasteiger partial charge on any atom is -0.317 e. The van der Waals surface area contributed by atoms with E-state index in [1.807, 2.05) is 30.3 Å². The van der Waals surface area contributed by atoms with Crippen molar-refractivity contribution < 1.29 is 9.59 Å². The number of benzene rings is 1. The summed E-state index contributed by atoms with van der Waals surface area (Å²) < 4.78 is 0. The highest BCUT2D eigenvalue weighted by molar-refractivity contribution is 7.17. The number of carbonyl (C=O) groups is 2. The number of aromatic amines is 1. The Labute approximate surface area is 191 Å². The zero-order valence-electron chi connectivity index (χ0n) is 18.6. The number of aryl methyl sites for hydroxylation is 2. The minimum absolute atomic E-state index is 0.0528. The first-order valence-corrected chi connectivity index (χ1v) is 11.8. The van der Waals surface area contributed by atoms with Gasteiger partial charge in [-0.3, -0.25) is 14.4 Å². The van der Waals surface area contributed by atoms with E-state index in [9.17, 15) is 14.4 Å². The van der Waals surface area contributed by atoms with Crippen molar-refractivity contribution in [2.24, 2.45) is 5.92 Å². The van der Waals surface area contributed by atoms with Crippen LogP contribution in [0, 0.1) is 19.8 Å². The van der Waals surface area contributed by atoms with Gasteiger partial charge >= 0.3 is 0 Å². The van der Waals surface area contributed by atoms with Crippen LogP contribution < -0.4 is 10.9 Å². The molecule has 2 N–H and O–H groups in total. The molecule has 2 aromatic heterocycles. The summed E-state index contributed by atoms with van der Waals surface area (Å²) in [5.41, 5.74) is 3.28. The lowest BCUT2D eigenvalue weighted by atomic mass is 9.86. The molecular weight excluding hydrogens is 422 g/mol. The number of anilines is 1. The van der Waals surface area contributed by atoms with Crippen molar-refractivity contribution in [3.63, 3.8) is 0 Å². The molecule has 0 fully saturated rings. The normalized spacial score (nSPS) is 15.3. The molecule has 7 heteroatoms. The van der Waals surface area contributed by atoms with Crippen molar-refractivity contribution >= 4 is 28.0 Å². The van der Waals surface area contributed by atoms with E-state index in [4.69, 9.17) is 0 Å². The van der Waals surface area contributed by atoms with Crippen LogP contribution in [-0.2, 0) is 24.1 Å². The van der Waals surface area contributed by atoms with Crippen LogP contribution in [0.4, 0.5) is 5.00 Å². The van der Waals surface area contributed by atoms with Gasteiger partial charge in [0.2, 0.25) is 5.91 Å². The number of nitrogens with one attached hydrogen (secondary N) is 2. The van der Waals surface area contributed by atoms with Crippen LogP contribution in [0.25, 0.3) is 0 Å². The molecule has 3 aromatic rings. The fourth-order valence-electron chi connectivity index (χ4n) is 4.29. The van der Waals surface area contributed by atoms with Crippen molar-refractivity contribution in [2.45, 2.75) is 52.9 Å². The third kappa shape index (κ3) is 4.58. The molecule has 1 unspecified atom stereocenters. The number of fused-ring (bicyclic) bond motifs is 1. The Hall–Kier alpha value is -3.06. The molecule has 1 aromatic carbocycles. The van der Waals surface area contributed by atoms with Crippen LogP contribution in [0.2, 0.25) is 0 Å². The number of thiophene rings is 1. The maximum atomic E-state index is 13.4. The molecular formula is C25H27N3O3S. The number of rotatable bonds is 6. The van der Waals surface area contributed by atoms with Crippen molar-refractivity contribution in [2.75, 3.05) is 5.32 Å². The number of amides is 1. The standard InChI is InChI=1S/C25H27N3O3S/c1-14-9-10-19-20(13-14)32-25(22(19)23(30)17-7-5-4-6-8-17)28-21(29)12-11-18-15(2)26-16(3)27-24(18)31/h4-8,14H,9-13H2,1-3H3,(H,28,29)(H,26,27,31). The molecule has 166 valence electrons. The molecule has 0 saturated carbocycles. The lowest BCUT2D eigenvalue weighted by molar-refractivity contribution is -0.116. The van der Waals surface area contributed by atoms with Crippen molar-refractivity contribution in [3.05, 3.63) is 79.3 Å². The largest absolute Gasteiger partial charge is 0.317 e. The molecule has 0 spiro atoms. The van der Waals surface area contributed by atoms with E-state index in [1.165, 1.54) is 16.2 Å². The second-order valence-electron chi connectivity index (χ2n) is 8.51. The summed E-state index contributed by atoms with van der Waals surface area (Å²) >= 11 is 1.51. The van der Waals surface area contributed by atoms with Crippen LogP contribution >= 0.6 is 11.3 Å². The number of carbonyl (C=O) groups excluding carboxylic acids is 2. The molecule has 1 aliphatic carbocycles. The predicted octanol–water partition coefficient (Wildman–Crippen LogP) is 4.38. The van der Waals surface area contributed by atoms with Gasteiger partial charge in [0.05, 0.1) is 5.56 Å². The van der Waals surface area contributed by atoms with Crippen LogP contribution in [0.15, 0.2) is 35.1 Å². The molecule has 2 heterocycles. The Morgan fingerprint density at radius 1 is 1.22 bits per heavy atom. The van der Waals surface area contributed by atoms with Gasteiger partial charge in [-0.05, 0) is 51.0 Å². The molecule has 4 rings (SSSR count). The van der Waals surface area contributed by atoms with Crippen LogP contribution in [-0.4, -0.2) is 21.7 Å². The maximum absolute atomic E-state index is 13.4. The zero-order chi connectivity index (χ0) is 22.8. The molecule has 32 heavy (non-hydrogen) atoms. The van der Waals surface area contributed by atoms with Gasteiger partial charge in [0.15, 0.2) is 5.78 Å². The lowest BCUT2D eigenvalue weighted by Gasteiger charge is -2.18. The van der Waals surface area contributed by atoms with Crippen LogP contribution in [0.3, 0.4) is 0 Å². The van der Waals surface area contributed by atoms with E-state index in [0.29, 0.717) is 45.5 Å². The topological polar surface area (TPSA) is 91.9 Å². The average Bonchev–Trinajstić information content (AvgIpc) is 3.09. The SMILES string of the molecule is Cc1nc(C)c(CCC(=O)Nc2sc3c(c2C(=O)c2ccccc2)CCC(C)C3)c(=O)[nH]1. The molecule has 0 radical (unpaired) electrons. The minimum atomic E-state index is -0.210. The van der Waals surface area contributed by atoms with E-state index in [0.717, 1.165) is 24.8 Å². The molecule has 6 nitrogen and oxygen atoms in total. The summed E-state index contributed by atoms with van der Waals surface area (Å²) in [5, 5.41) is 3.60. The van der Waals surface area contributed by atoms with Gasteiger partial charge in [-0.1, -0.05) is 37.3 Å². The fourth-order valence-corrected chi connectivity index (χ4v) is 5.71. The number of hydrogen-bond donors (Lipinski definition) is 2. The first-order chi connectivity index (χ1) is 15.3. The van der Waals surface area contributed by atoms with Gasteiger partial charge < -0.3 is 10.3 Å². The summed E-state index contributed by atoms with van der Waals surface area (Å²) in [6.07, 6.45) is 3.25. The lowest BCUT2D eigenvalue weighted by Crippen LogP contribution is -2.21. The fraction of sp³-hybridized carbons (Fsp3) is 0.360. The quantitative estimate of drug-likeness (QED) is 0.547. The van der Waals surface area contributed by atoms with Crippen LogP contribution in [0.1, 0.15) is 63.2 Å². The van der Waals surface area contributed by atoms with Gasteiger partial charge in [-0.25, -0.2) is 4.98 Å². The van der Waals surface area contributed by atoms with E-state index in [1.54, 1.807) is 13.8 Å². The summed E-state index contributed by atoms with van der Waals surface area (Å²) in [6, 6.07) is 9.20. The number of H-pyrrole nitrogens is 1. The van der Waals surface area contributed by atoms with Crippen molar-refractivity contribution in [3.8, 4) is 0 Å². The molecule has 0 aliphatic heterocycles. The second-order valence-corrected chi connectivity index (χ2v) is 9.62. The molecule has 0 saturated heterocycles. The van der Waals surface area contributed by atoms with Gasteiger partial charge in [0, 0.05) is 28.1 Å². The van der Waals surface area contributed by atoms with E-state index < -0.39 is 0 Å². The maximum Gasteiger partial charge on any atom is 0.254 e. The van der Waals surface area contributed by atoms with E-state index in [-0.39, 0.29) is 23.7 Å². The van der Waals surface area contributed by atoms with Gasteiger partial charge in [-0.2, -0.15) is 0 Å². The molecule has 0 bridgehead atoms. The smallest absolute Gasteiger partial charge is 0.254 e. The molecule has 1 atom stereocenters. The highest BCUT2D eigenvalue weighted by atomic mass is 32.1. The molecule has 1 aliphatic rings. The third-order valence-corrected chi connectivity index (χ3v) is 7.14. The Morgan fingerprint density at radius 2 is 1.97 bits per heavy atom. The Morgan fingerprint density at radius 3 is 2.69 bits per heavy atom. The predicted molar refractivity (Wildman–Crippen MR) is 127 cm³/mol. The number of nitrogens with zero attached hydrogens (tertiary/aromatic N) is 1. The number of ketones is 1. The third-order valence-electron chi connectivity index (χ3n) is 5.97. The number of aromatic nitrogens is 2. The highest BCUT2D eigenvalue weighted by Crippen LogP contribution is 2.40. The monoisotopic (exact) mass is 449 g/mol. The van der Waals surface area contributed by atoms with Gasteiger partial charge in [-0.15, -0.1) is 11.3 Å². The summed E-state index contributed by atoms with van der Waals surface area (Å²) in [6.45, 7) is 5.73. The zero-order valence-corrected chi connectivity index (χ0v) is 19.4. The number of hydrogen-bond acceptors (Lipinski definition) is 5. The van der Waals surface area contributed by atoms with Gasteiger partial charge in [0.1, 0.15) is 10.8 Å². The Bertz CT molecular complexity index is 1230. The van der Waals surface area contributed by atoms with Gasteiger partial charge in [0.25, 0.3) is 5.56 Å². The summed E-state index contributed by atoms with van der Waals surface area (Å²) in [5.74, 6) is 0.859. The first-order valence-electron chi connectivity index (χ1n) is 10.9. The van der Waals surface area contributed by atoms with Crippen LogP contribution in [0.5, 0.6) is 0 Å². The average molecular weight is 450 g/mol. The van der Waals surface area contributed by atoms with Crippen molar-refractivity contribution in [1.82, 2.24) is 9.97 Å². The Balaban J connectivity index is 1.59. The second kappa shape index (κ2) is 9.20. The summed E-state index contributed by atoms with van der Waals surface area (Å²) in [4.78, 5) is 46.6. The van der Waals surface area contributed by atoms with E-state index in [2.05, 4.69) is 22.2 Å². The summed E-state index contributed by atoms with van der Waals surface area (Å²) in [7, 11) is 0. The highest BCUT2D eigenvalue weighted by Gasteiger charge is 2.28. The Kier molecular flexibility index (Phi) is 6.37. The first kappa shape index (κ1) is 22.1. The molecule has 1 amide bonds. The van der Waals surface area contributed by atoms with Crippen molar-refractivity contribution in [1.29, 1.82) is 0 Å².